The fraction of sp³-hybridized carbons (Fsp3) is 0. The van der Waals surface area contributed by atoms with Gasteiger partial charge in [-0.1, -0.05) is 41.4 Å². The summed E-state index contributed by atoms with van der Waals surface area (Å²) in [5.74, 6) is 0. The molecule has 4 heteroatoms. The number of hydrogen-bond acceptors (Lipinski definition) is 1. The molecule has 0 fully saturated rings. The third kappa shape index (κ3) is 2.99. The largest absolute Gasteiger partial charge is 0.618 e. The van der Waals surface area contributed by atoms with Gasteiger partial charge in [-0.3, -0.25) is 0 Å². The van der Waals surface area contributed by atoms with E-state index in [1.807, 2.05) is 6.07 Å². The molecule has 2 aromatic carbocycles. The Balaban J connectivity index is 2.36. The highest BCUT2D eigenvalue weighted by atomic mass is 35.5. The van der Waals surface area contributed by atoms with Gasteiger partial charge in [0, 0.05) is 17.2 Å². The van der Waals surface area contributed by atoms with Crippen molar-refractivity contribution in [3.05, 3.63) is 69.3 Å². The molecule has 0 saturated carbocycles. The van der Waals surface area contributed by atoms with Gasteiger partial charge in [-0.15, -0.1) is 0 Å². The molecule has 2 rings (SSSR count). The third-order valence-corrected chi connectivity index (χ3v) is 2.79. The Labute approximate surface area is 109 Å². The van der Waals surface area contributed by atoms with E-state index in [0.717, 1.165) is 4.74 Å². The Bertz CT molecular complexity index is 553. The van der Waals surface area contributed by atoms with Crippen molar-refractivity contribution in [2.24, 2.45) is 0 Å². The third-order valence-electron chi connectivity index (χ3n) is 2.23. The number of para-hydroxylation sites is 1. The van der Waals surface area contributed by atoms with Gasteiger partial charge in [-0.2, -0.15) is 4.74 Å². The molecule has 17 heavy (non-hydrogen) atoms. The molecule has 0 radical (unpaired) electrons. The minimum absolute atomic E-state index is 0.453. The molecule has 0 amide bonds. The Morgan fingerprint density at radius 2 is 1.71 bits per heavy atom. The van der Waals surface area contributed by atoms with Crippen molar-refractivity contribution in [1.82, 2.24) is 0 Å². The van der Waals surface area contributed by atoms with E-state index >= 15 is 0 Å². The Kier molecular flexibility index (Phi) is 3.67. The van der Waals surface area contributed by atoms with E-state index in [2.05, 4.69) is 0 Å². The van der Waals surface area contributed by atoms with Crippen LogP contribution in [-0.4, -0.2) is 11.0 Å². The number of benzene rings is 2. The minimum atomic E-state index is 0.453. The average molecular weight is 266 g/mol. The molecule has 0 aliphatic heterocycles. The second-order valence-electron chi connectivity index (χ2n) is 3.46. The van der Waals surface area contributed by atoms with Gasteiger partial charge >= 0.3 is 0 Å². The second-order valence-corrected chi connectivity index (χ2v) is 4.30. The van der Waals surface area contributed by atoms with E-state index in [4.69, 9.17) is 23.2 Å². The molecule has 0 spiro atoms. The standard InChI is InChI=1S/C13H9Cl2NO/c14-11-7-6-10(13(15)8-11)9-16(17)12-4-2-1-3-5-12/h1-9H/b16-9-. The van der Waals surface area contributed by atoms with Crippen molar-refractivity contribution in [2.75, 3.05) is 0 Å². The average Bonchev–Trinajstić information content (AvgIpc) is 2.34. The van der Waals surface area contributed by atoms with Crippen LogP contribution in [0.4, 0.5) is 5.69 Å². The molecule has 86 valence electrons. The second kappa shape index (κ2) is 5.21. The molecular weight excluding hydrogens is 257 g/mol. The van der Waals surface area contributed by atoms with Gasteiger partial charge in [0.25, 0.3) is 0 Å². The molecule has 0 N–H and O–H groups in total. The monoisotopic (exact) mass is 265 g/mol. The van der Waals surface area contributed by atoms with Gasteiger partial charge in [-0.05, 0) is 18.2 Å². The summed E-state index contributed by atoms with van der Waals surface area (Å²) in [4.78, 5) is 0. The van der Waals surface area contributed by atoms with Gasteiger partial charge in [0.2, 0.25) is 5.69 Å². The summed E-state index contributed by atoms with van der Waals surface area (Å²) in [6.07, 6.45) is 1.42. The summed E-state index contributed by atoms with van der Waals surface area (Å²) < 4.78 is 0.773. The van der Waals surface area contributed by atoms with Crippen molar-refractivity contribution in [2.45, 2.75) is 0 Å². The van der Waals surface area contributed by atoms with Crippen LogP contribution in [0.25, 0.3) is 0 Å². The number of hydrogen-bond donors (Lipinski definition) is 0. The van der Waals surface area contributed by atoms with Crippen LogP contribution in [0.15, 0.2) is 48.5 Å². The number of rotatable bonds is 2. The summed E-state index contributed by atoms with van der Waals surface area (Å²) in [6.45, 7) is 0. The van der Waals surface area contributed by atoms with E-state index in [1.54, 1.807) is 42.5 Å². The van der Waals surface area contributed by atoms with E-state index in [1.165, 1.54) is 6.21 Å². The first-order chi connectivity index (χ1) is 8.16. The Morgan fingerprint density at radius 3 is 2.35 bits per heavy atom. The summed E-state index contributed by atoms with van der Waals surface area (Å²) in [7, 11) is 0. The first kappa shape index (κ1) is 12.0. The van der Waals surface area contributed by atoms with Gasteiger partial charge in [0.05, 0.1) is 10.6 Å². The van der Waals surface area contributed by atoms with Crippen LogP contribution >= 0.6 is 23.2 Å². The van der Waals surface area contributed by atoms with Crippen LogP contribution in [0.5, 0.6) is 0 Å². The molecule has 0 heterocycles. The first-order valence-electron chi connectivity index (χ1n) is 4.98. The highest BCUT2D eigenvalue weighted by Gasteiger charge is 2.04. The van der Waals surface area contributed by atoms with Crippen molar-refractivity contribution in [3.63, 3.8) is 0 Å². The zero-order chi connectivity index (χ0) is 12.3. The van der Waals surface area contributed by atoms with E-state index in [0.29, 0.717) is 21.3 Å². The van der Waals surface area contributed by atoms with Gasteiger partial charge in [-0.25, -0.2) is 0 Å². The predicted molar refractivity (Wildman–Crippen MR) is 71.4 cm³/mol. The summed E-state index contributed by atoms with van der Waals surface area (Å²) in [6, 6.07) is 13.9. The van der Waals surface area contributed by atoms with Crippen LogP contribution in [0.1, 0.15) is 5.56 Å². The molecule has 0 bridgehead atoms. The van der Waals surface area contributed by atoms with Crippen LogP contribution in [0, 0.1) is 5.21 Å². The minimum Gasteiger partial charge on any atom is -0.618 e. The van der Waals surface area contributed by atoms with Crippen molar-refractivity contribution in [3.8, 4) is 0 Å². The maximum atomic E-state index is 11.8. The molecule has 0 saturated heterocycles. The SMILES string of the molecule is [O-]/[N+](=C\c1ccc(Cl)cc1Cl)c1ccccc1. The van der Waals surface area contributed by atoms with Crippen LogP contribution in [-0.2, 0) is 0 Å². The summed E-state index contributed by atoms with van der Waals surface area (Å²) in [5.41, 5.74) is 1.19. The van der Waals surface area contributed by atoms with Crippen molar-refractivity contribution in [1.29, 1.82) is 0 Å². The Morgan fingerprint density at radius 1 is 1.00 bits per heavy atom. The fourth-order valence-electron chi connectivity index (χ4n) is 1.38. The zero-order valence-electron chi connectivity index (χ0n) is 8.81. The predicted octanol–water partition coefficient (Wildman–Crippen LogP) is 4.25. The van der Waals surface area contributed by atoms with Crippen molar-refractivity contribution < 1.29 is 4.74 Å². The lowest BCUT2D eigenvalue weighted by Crippen LogP contribution is -1.99. The highest BCUT2D eigenvalue weighted by Crippen LogP contribution is 2.20. The lowest BCUT2D eigenvalue weighted by Gasteiger charge is -2.03. The maximum absolute atomic E-state index is 11.8. The van der Waals surface area contributed by atoms with Gasteiger partial charge in [0.1, 0.15) is 0 Å². The molecule has 0 atom stereocenters. The fourth-order valence-corrected chi connectivity index (χ4v) is 1.84. The molecular formula is C13H9Cl2NO. The molecule has 2 nitrogen and oxygen atoms in total. The lowest BCUT2D eigenvalue weighted by molar-refractivity contribution is -0.354. The zero-order valence-corrected chi connectivity index (χ0v) is 10.3. The number of nitrogens with zero attached hydrogens (tertiary/aromatic N) is 1. The molecule has 0 aliphatic rings. The smallest absolute Gasteiger partial charge is 0.216 e. The quantitative estimate of drug-likeness (QED) is 0.345. The first-order valence-corrected chi connectivity index (χ1v) is 5.74. The normalized spacial score (nSPS) is 11.5. The lowest BCUT2D eigenvalue weighted by atomic mass is 10.2. The number of halogens is 2. The van der Waals surface area contributed by atoms with Crippen LogP contribution in [0.3, 0.4) is 0 Å². The van der Waals surface area contributed by atoms with Crippen molar-refractivity contribution >= 4 is 35.1 Å². The van der Waals surface area contributed by atoms with E-state index in [9.17, 15) is 5.21 Å². The summed E-state index contributed by atoms with van der Waals surface area (Å²) in [5, 5.41) is 12.8. The van der Waals surface area contributed by atoms with Crippen LogP contribution in [0.2, 0.25) is 10.0 Å². The summed E-state index contributed by atoms with van der Waals surface area (Å²) >= 11 is 11.8. The topological polar surface area (TPSA) is 26.1 Å². The molecule has 0 unspecified atom stereocenters. The molecule has 2 aromatic rings. The van der Waals surface area contributed by atoms with E-state index in [-0.39, 0.29) is 0 Å². The highest BCUT2D eigenvalue weighted by molar-refractivity contribution is 6.36. The molecule has 0 aromatic heterocycles. The van der Waals surface area contributed by atoms with E-state index < -0.39 is 0 Å². The van der Waals surface area contributed by atoms with Gasteiger partial charge in [0.15, 0.2) is 6.21 Å². The maximum Gasteiger partial charge on any atom is 0.216 e. The van der Waals surface area contributed by atoms with Gasteiger partial charge < -0.3 is 5.21 Å². The molecule has 0 aliphatic carbocycles. The Hall–Kier alpha value is -1.51. The van der Waals surface area contributed by atoms with Crippen LogP contribution < -0.4 is 0 Å².